The molecule has 1 aromatic carbocycles. The first-order valence-corrected chi connectivity index (χ1v) is 11.4. The molecule has 2 aromatic heterocycles. The van der Waals surface area contributed by atoms with Crippen LogP contribution in [0, 0.1) is 18.8 Å². The van der Waals surface area contributed by atoms with Crippen molar-refractivity contribution in [3.63, 3.8) is 0 Å². The average Bonchev–Trinajstić information content (AvgIpc) is 3.42. The largest absolute Gasteiger partial charge is 0.497 e. The summed E-state index contributed by atoms with van der Waals surface area (Å²) < 4.78 is 7.85. The number of methoxy groups -OCH3 is 1. The van der Waals surface area contributed by atoms with Gasteiger partial charge in [-0.15, -0.1) is 0 Å². The van der Waals surface area contributed by atoms with Gasteiger partial charge in [0.15, 0.2) is 0 Å². The van der Waals surface area contributed by atoms with E-state index in [0.717, 1.165) is 49.5 Å². The summed E-state index contributed by atoms with van der Waals surface area (Å²) in [5, 5.41) is 12.9. The molecular formula is C26H33N3O2. The molecule has 3 aromatic rings. The standard InChI is InChI=1S/C26H33N3O2/c1-17(2)29-15-20(22-11-21(31-4)6-7-24(22)29)14-28-13-19-9-10-26(30,23(19)16-28)25-8-5-18(3)12-27-25/h5-8,11-12,15,17,19,23,30H,9-10,13-14,16H2,1-4H3/t19-,23+,26-/m0/s1. The molecule has 2 fully saturated rings. The van der Waals surface area contributed by atoms with Crippen molar-refractivity contribution in [3.8, 4) is 5.75 Å². The normalized spacial score (nSPS) is 26.1. The maximum Gasteiger partial charge on any atom is 0.119 e. The highest BCUT2D eigenvalue weighted by Gasteiger charge is 2.53. The number of ether oxygens (including phenoxy) is 1. The molecule has 5 rings (SSSR count). The van der Waals surface area contributed by atoms with E-state index in [-0.39, 0.29) is 5.92 Å². The van der Waals surface area contributed by atoms with Gasteiger partial charge in [-0.05, 0) is 74.9 Å². The van der Waals surface area contributed by atoms with Gasteiger partial charge in [-0.3, -0.25) is 9.88 Å². The molecule has 0 radical (unpaired) electrons. The zero-order valence-electron chi connectivity index (χ0n) is 19.0. The van der Waals surface area contributed by atoms with Crippen LogP contribution >= 0.6 is 0 Å². The molecular weight excluding hydrogens is 386 g/mol. The van der Waals surface area contributed by atoms with Crippen LogP contribution in [0.1, 0.15) is 49.6 Å². The van der Waals surface area contributed by atoms with E-state index in [1.807, 2.05) is 25.3 Å². The van der Waals surface area contributed by atoms with Gasteiger partial charge in [0, 0.05) is 54.9 Å². The fourth-order valence-electron chi connectivity index (χ4n) is 5.78. The molecule has 1 aliphatic carbocycles. The second kappa shape index (κ2) is 7.64. The molecule has 3 atom stereocenters. The Morgan fingerprint density at radius 2 is 2.06 bits per heavy atom. The van der Waals surface area contributed by atoms with E-state index in [0.29, 0.717) is 12.0 Å². The lowest BCUT2D eigenvalue weighted by atomic mass is 9.85. The molecule has 1 aliphatic heterocycles. The summed E-state index contributed by atoms with van der Waals surface area (Å²) in [6.07, 6.45) is 6.06. The third-order valence-corrected chi connectivity index (χ3v) is 7.45. The molecule has 0 amide bonds. The molecule has 1 saturated heterocycles. The van der Waals surface area contributed by atoms with Crippen LogP contribution in [-0.2, 0) is 12.1 Å². The monoisotopic (exact) mass is 419 g/mol. The molecule has 0 spiro atoms. The minimum Gasteiger partial charge on any atom is -0.497 e. The first kappa shape index (κ1) is 20.5. The maximum atomic E-state index is 11.6. The smallest absolute Gasteiger partial charge is 0.119 e. The van der Waals surface area contributed by atoms with E-state index < -0.39 is 5.60 Å². The van der Waals surface area contributed by atoms with Gasteiger partial charge < -0.3 is 14.4 Å². The Hall–Kier alpha value is -2.37. The quantitative estimate of drug-likeness (QED) is 0.653. The Balaban J connectivity index is 1.41. The molecule has 5 heteroatoms. The molecule has 164 valence electrons. The van der Waals surface area contributed by atoms with Crippen molar-refractivity contribution in [2.24, 2.45) is 11.8 Å². The number of benzene rings is 1. The molecule has 3 heterocycles. The first-order chi connectivity index (χ1) is 14.9. The van der Waals surface area contributed by atoms with Crippen LogP contribution in [0.3, 0.4) is 0 Å². The number of aliphatic hydroxyl groups is 1. The number of likely N-dealkylation sites (tertiary alicyclic amines) is 1. The highest BCUT2D eigenvalue weighted by atomic mass is 16.5. The zero-order chi connectivity index (χ0) is 21.8. The number of pyridine rings is 1. The van der Waals surface area contributed by atoms with E-state index >= 15 is 0 Å². The SMILES string of the molecule is COc1ccc2c(c1)c(CN1C[C@@H]3CC[C@@](O)(c4ccc(C)cn4)[C@@H]3C1)cn2C(C)C. The molecule has 5 nitrogen and oxygen atoms in total. The minimum atomic E-state index is -0.803. The third kappa shape index (κ3) is 3.44. The molecule has 0 bridgehead atoms. The van der Waals surface area contributed by atoms with Crippen molar-refractivity contribution in [1.82, 2.24) is 14.5 Å². The van der Waals surface area contributed by atoms with Gasteiger partial charge in [-0.2, -0.15) is 0 Å². The van der Waals surface area contributed by atoms with Crippen molar-refractivity contribution >= 4 is 10.9 Å². The number of fused-ring (bicyclic) bond motifs is 2. The van der Waals surface area contributed by atoms with Gasteiger partial charge in [0.2, 0.25) is 0 Å². The minimum absolute atomic E-state index is 0.246. The average molecular weight is 420 g/mol. The summed E-state index contributed by atoms with van der Waals surface area (Å²) in [7, 11) is 1.72. The van der Waals surface area contributed by atoms with E-state index in [1.165, 1.54) is 16.5 Å². The van der Waals surface area contributed by atoms with Crippen LogP contribution in [0.25, 0.3) is 10.9 Å². The Morgan fingerprint density at radius 3 is 2.77 bits per heavy atom. The molecule has 1 saturated carbocycles. The van der Waals surface area contributed by atoms with E-state index in [2.05, 4.69) is 52.7 Å². The Morgan fingerprint density at radius 1 is 1.23 bits per heavy atom. The molecule has 0 unspecified atom stereocenters. The number of hydrogen-bond acceptors (Lipinski definition) is 4. The summed E-state index contributed by atoms with van der Waals surface area (Å²) >= 11 is 0. The van der Waals surface area contributed by atoms with Gasteiger partial charge in [-0.1, -0.05) is 6.07 Å². The molecule has 2 aliphatic rings. The summed E-state index contributed by atoms with van der Waals surface area (Å²) in [5.41, 5.74) is 3.76. The highest BCUT2D eigenvalue weighted by Crippen LogP contribution is 2.50. The van der Waals surface area contributed by atoms with Crippen LogP contribution in [0.15, 0.2) is 42.7 Å². The zero-order valence-corrected chi connectivity index (χ0v) is 19.0. The van der Waals surface area contributed by atoms with E-state index in [1.54, 1.807) is 7.11 Å². The number of aromatic nitrogens is 2. The third-order valence-electron chi connectivity index (χ3n) is 7.45. The van der Waals surface area contributed by atoms with Crippen molar-refractivity contribution in [1.29, 1.82) is 0 Å². The lowest BCUT2D eigenvalue weighted by Gasteiger charge is -2.29. The number of nitrogens with zero attached hydrogens (tertiary/aromatic N) is 3. The van der Waals surface area contributed by atoms with Gasteiger partial charge in [-0.25, -0.2) is 0 Å². The van der Waals surface area contributed by atoms with Gasteiger partial charge in [0.25, 0.3) is 0 Å². The van der Waals surface area contributed by atoms with Crippen molar-refractivity contribution in [3.05, 3.63) is 59.5 Å². The van der Waals surface area contributed by atoms with Gasteiger partial charge >= 0.3 is 0 Å². The molecule has 31 heavy (non-hydrogen) atoms. The predicted octanol–water partition coefficient (Wildman–Crippen LogP) is 4.66. The van der Waals surface area contributed by atoms with Gasteiger partial charge in [0.05, 0.1) is 12.8 Å². The van der Waals surface area contributed by atoms with E-state index in [9.17, 15) is 5.11 Å². The van der Waals surface area contributed by atoms with Crippen LogP contribution in [0.4, 0.5) is 0 Å². The maximum absolute atomic E-state index is 11.6. The second-order valence-corrected chi connectivity index (χ2v) is 9.78. The van der Waals surface area contributed by atoms with Gasteiger partial charge in [0.1, 0.15) is 11.4 Å². The van der Waals surface area contributed by atoms with Crippen LogP contribution in [0.2, 0.25) is 0 Å². The van der Waals surface area contributed by atoms with E-state index in [4.69, 9.17) is 4.74 Å². The fraction of sp³-hybridized carbons (Fsp3) is 0.500. The topological polar surface area (TPSA) is 50.5 Å². The lowest BCUT2D eigenvalue weighted by Crippen LogP contribution is -2.35. The van der Waals surface area contributed by atoms with Crippen molar-refractivity contribution in [2.75, 3.05) is 20.2 Å². The Bertz CT molecular complexity index is 1090. The summed E-state index contributed by atoms with van der Waals surface area (Å²) in [5.74, 6) is 1.67. The molecule has 1 N–H and O–H groups in total. The summed E-state index contributed by atoms with van der Waals surface area (Å²) in [6.45, 7) is 9.34. The number of rotatable bonds is 5. The van der Waals surface area contributed by atoms with Crippen LogP contribution in [-0.4, -0.2) is 39.8 Å². The van der Waals surface area contributed by atoms with Crippen LogP contribution < -0.4 is 4.74 Å². The Kier molecular flexibility index (Phi) is 5.06. The number of aryl methyl sites for hydroxylation is 1. The highest BCUT2D eigenvalue weighted by molar-refractivity contribution is 5.85. The summed E-state index contributed by atoms with van der Waals surface area (Å²) in [4.78, 5) is 7.12. The van der Waals surface area contributed by atoms with Crippen molar-refractivity contribution in [2.45, 2.75) is 51.8 Å². The van der Waals surface area contributed by atoms with Crippen LogP contribution in [0.5, 0.6) is 5.75 Å². The Labute approximate surface area is 184 Å². The fourth-order valence-corrected chi connectivity index (χ4v) is 5.78. The first-order valence-electron chi connectivity index (χ1n) is 11.4. The summed E-state index contributed by atoms with van der Waals surface area (Å²) in [6, 6.07) is 10.9. The predicted molar refractivity (Wildman–Crippen MR) is 123 cm³/mol. The second-order valence-electron chi connectivity index (χ2n) is 9.78. The van der Waals surface area contributed by atoms with Crippen molar-refractivity contribution < 1.29 is 9.84 Å². The number of hydrogen-bond donors (Lipinski definition) is 1. The lowest BCUT2D eigenvalue weighted by molar-refractivity contribution is -0.0108.